The van der Waals surface area contributed by atoms with Crippen LogP contribution in [0.15, 0.2) is 18.2 Å². The first-order valence-corrected chi connectivity index (χ1v) is 6.71. The molecule has 2 rings (SSSR count). The number of nitrogens with one attached hydrogen (secondary N) is 1. The summed E-state index contributed by atoms with van der Waals surface area (Å²) in [4.78, 5) is 13.5. The first-order valence-electron chi connectivity index (χ1n) is 6.71. The smallest absolute Gasteiger partial charge is 0.422 e. The molecule has 1 fully saturated rings. The first-order chi connectivity index (χ1) is 9.85. The molecule has 0 bridgehead atoms. The van der Waals surface area contributed by atoms with Gasteiger partial charge in [0.1, 0.15) is 0 Å². The lowest BCUT2D eigenvalue weighted by Crippen LogP contribution is -2.23. The molecule has 1 saturated heterocycles. The molecule has 1 aliphatic rings. The van der Waals surface area contributed by atoms with Crippen LogP contribution in [0.1, 0.15) is 18.4 Å². The Hall–Kier alpha value is -1.92. The molecule has 0 atom stereocenters. The molecule has 0 aromatic heterocycles. The van der Waals surface area contributed by atoms with E-state index in [0.717, 1.165) is 37.2 Å². The van der Waals surface area contributed by atoms with Crippen LogP contribution in [-0.4, -0.2) is 32.0 Å². The number of alkyl halides is 3. The van der Waals surface area contributed by atoms with Gasteiger partial charge in [-0.25, -0.2) is 4.79 Å². The van der Waals surface area contributed by atoms with Crippen LogP contribution in [0, 0.1) is 6.92 Å². The van der Waals surface area contributed by atoms with Gasteiger partial charge in [0, 0.05) is 24.5 Å². The molecule has 4 nitrogen and oxygen atoms in total. The number of nitrogens with zero attached hydrogens (tertiary/aromatic N) is 1. The van der Waals surface area contributed by atoms with Crippen LogP contribution in [-0.2, 0) is 4.74 Å². The Bertz CT molecular complexity index is 511. The van der Waals surface area contributed by atoms with Crippen molar-refractivity contribution in [2.45, 2.75) is 25.9 Å². The van der Waals surface area contributed by atoms with Crippen LogP contribution in [0.5, 0.6) is 0 Å². The molecular weight excluding hydrogens is 285 g/mol. The summed E-state index contributed by atoms with van der Waals surface area (Å²) in [6.07, 6.45) is -3.32. The van der Waals surface area contributed by atoms with Gasteiger partial charge in [0.25, 0.3) is 0 Å². The summed E-state index contributed by atoms with van der Waals surface area (Å²) in [5.74, 6) is 0. The fourth-order valence-corrected chi connectivity index (χ4v) is 2.25. The van der Waals surface area contributed by atoms with E-state index in [1.54, 1.807) is 13.0 Å². The van der Waals surface area contributed by atoms with E-state index in [2.05, 4.69) is 15.0 Å². The zero-order valence-electron chi connectivity index (χ0n) is 11.7. The van der Waals surface area contributed by atoms with Gasteiger partial charge in [-0.05, 0) is 43.5 Å². The molecule has 1 amide bonds. The minimum absolute atomic E-state index is 0.449. The highest BCUT2D eigenvalue weighted by Gasteiger charge is 2.29. The van der Waals surface area contributed by atoms with Crippen molar-refractivity contribution in [3.63, 3.8) is 0 Å². The fraction of sp³-hybridized carbons (Fsp3) is 0.500. The molecule has 7 heteroatoms. The summed E-state index contributed by atoms with van der Waals surface area (Å²) in [7, 11) is 0. The highest BCUT2D eigenvalue weighted by molar-refractivity contribution is 5.86. The van der Waals surface area contributed by atoms with Gasteiger partial charge in [0.2, 0.25) is 0 Å². The molecule has 1 N–H and O–H groups in total. The number of carbonyl (C=O) groups is 1. The predicted molar refractivity (Wildman–Crippen MR) is 73.7 cm³/mol. The Morgan fingerprint density at radius 1 is 1.33 bits per heavy atom. The average Bonchev–Trinajstić information content (AvgIpc) is 2.92. The third-order valence-electron chi connectivity index (χ3n) is 3.28. The lowest BCUT2D eigenvalue weighted by Gasteiger charge is -2.19. The second kappa shape index (κ2) is 6.24. The molecule has 116 valence electrons. The van der Waals surface area contributed by atoms with Crippen LogP contribution in [0.3, 0.4) is 0 Å². The van der Waals surface area contributed by atoms with E-state index in [1.807, 2.05) is 12.1 Å². The van der Waals surface area contributed by atoms with Gasteiger partial charge in [-0.2, -0.15) is 13.2 Å². The highest BCUT2D eigenvalue weighted by Crippen LogP contribution is 2.25. The predicted octanol–water partition coefficient (Wildman–Crippen LogP) is 3.71. The minimum Gasteiger partial charge on any atom is -0.440 e. The van der Waals surface area contributed by atoms with E-state index < -0.39 is 18.9 Å². The normalized spacial score (nSPS) is 15.1. The van der Waals surface area contributed by atoms with E-state index in [-0.39, 0.29) is 0 Å². The number of halogens is 3. The van der Waals surface area contributed by atoms with Crippen LogP contribution in [0.4, 0.5) is 29.3 Å². The second-order valence-electron chi connectivity index (χ2n) is 5.01. The number of ether oxygens (including phenoxy) is 1. The van der Waals surface area contributed by atoms with Gasteiger partial charge in [0.05, 0.1) is 0 Å². The Labute approximate surface area is 120 Å². The molecule has 1 aromatic carbocycles. The zero-order valence-corrected chi connectivity index (χ0v) is 11.7. The minimum atomic E-state index is -4.52. The number of anilines is 2. The van der Waals surface area contributed by atoms with Crippen molar-refractivity contribution in [2.24, 2.45) is 0 Å². The number of rotatable bonds is 3. The molecular formula is C14H17F3N2O2. The number of amides is 1. The van der Waals surface area contributed by atoms with Crippen molar-refractivity contribution in [3.05, 3.63) is 23.8 Å². The van der Waals surface area contributed by atoms with E-state index in [4.69, 9.17) is 0 Å². The quantitative estimate of drug-likeness (QED) is 0.925. The molecule has 1 aliphatic heterocycles. The fourth-order valence-electron chi connectivity index (χ4n) is 2.25. The topological polar surface area (TPSA) is 41.6 Å². The third kappa shape index (κ3) is 4.54. The van der Waals surface area contributed by atoms with Crippen LogP contribution in [0.2, 0.25) is 0 Å². The summed E-state index contributed by atoms with van der Waals surface area (Å²) in [6.45, 7) is 2.20. The molecule has 1 aromatic rings. The molecule has 0 unspecified atom stereocenters. The van der Waals surface area contributed by atoms with Crippen molar-refractivity contribution in [3.8, 4) is 0 Å². The maximum Gasteiger partial charge on any atom is 0.422 e. The van der Waals surface area contributed by atoms with Crippen molar-refractivity contribution in [1.29, 1.82) is 0 Å². The van der Waals surface area contributed by atoms with Gasteiger partial charge in [-0.15, -0.1) is 0 Å². The van der Waals surface area contributed by atoms with Crippen molar-refractivity contribution < 1.29 is 22.7 Å². The Balaban J connectivity index is 1.96. The molecule has 0 aliphatic carbocycles. The van der Waals surface area contributed by atoms with Crippen LogP contribution >= 0.6 is 0 Å². The first kappa shape index (κ1) is 15.5. The second-order valence-corrected chi connectivity index (χ2v) is 5.01. The van der Waals surface area contributed by atoms with Gasteiger partial charge in [0.15, 0.2) is 6.61 Å². The maximum atomic E-state index is 11.9. The molecule has 0 spiro atoms. The summed E-state index contributed by atoms with van der Waals surface area (Å²) in [5, 5.41) is 2.32. The summed E-state index contributed by atoms with van der Waals surface area (Å²) < 4.78 is 40.0. The number of carbonyl (C=O) groups excluding carboxylic acids is 1. The monoisotopic (exact) mass is 302 g/mol. The summed E-state index contributed by atoms with van der Waals surface area (Å²) >= 11 is 0. The zero-order chi connectivity index (χ0) is 15.5. The van der Waals surface area contributed by atoms with Gasteiger partial charge in [-0.1, -0.05) is 0 Å². The van der Waals surface area contributed by atoms with Crippen molar-refractivity contribution >= 4 is 17.5 Å². The Morgan fingerprint density at radius 2 is 2.00 bits per heavy atom. The lowest BCUT2D eigenvalue weighted by molar-refractivity contribution is -0.159. The van der Waals surface area contributed by atoms with Crippen LogP contribution in [0.25, 0.3) is 0 Å². The van der Waals surface area contributed by atoms with E-state index in [0.29, 0.717) is 5.69 Å². The number of aryl methyl sites for hydroxylation is 1. The standard InChI is InChI=1S/C14H17F3N2O2/c1-10-8-11(19-6-2-3-7-19)4-5-12(10)18-13(20)21-9-14(15,16)17/h4-5,8H,2-3,6-7,9H2,1H3,(H,18,20). The molecule has 1 heterocycles. The molecule has 21 heavy (non-hydrogen) atoms. The molecule has 0 radical (unpaired) electrons. The highest BCUT2D eigenvalue weighted by atomic mass is 19.4. The Kier molecular flexibility index (Phi) is 4.59. The van der Waals surface area contributed by atoms with E-state index >= 15 is 0 Å². The van der Waals surface area contributed by atoms with Crippen LogP contribution < -0.4 is 10.2 Å². The number of benzene rings is 1. The average molecular weight is 302 g/mol. The SMILES string of the molecule is Cc1cc(N2CCCC2)ccc1NC(=O)OCC(F)(F)F. The molecule has 0 saturated carbocycles. The summed E-state index contributed by atoms with van der Waals surface area (Å²) in [5.41, 5.74) is 2.28. The van der Waals surface area contributed by atoms with Gasteiger partial charge in [-0.3, -0.25) is 5.32 Å². The third-order valence-corrected chi connectivity index (χ3v) is 3.28. The van der Waals surface area contributed by atoms with E-state index in [9.17, 15) is 18.0 Å². The lowest BCUT2D eigenvalue weighted by atomic mass is 10.1. The van der Waals surface area contributed by atoms with Crippen molar-refractivity contribution in [2.75, 3.05) is 29.9 Å². The maximum absolute atomic E-state index is 11.9. The van der Waals surface area contributed by atoms with Gasteiger partial charge < -0.3 is 9.64 Å². The number of hydrogen-bond donors (Lipinski definition) is 1. The summed E-state index contributed by atoms with van der Waals surface area (Å²) in [6, 6.07) is 5.43. The van der Waals surface area contributed by atoms with Gasteiger partial charge >= 0.3 is 12.3 Å². The number of hydrogen-bond acceptors (Lipinski definition) is 3. The van der Waals surface area contributed by atoms with E-state index in [1.165, 1.54) is 0 Å². The largest absolute Gasteiger partial charge is 0.440 e. The Morgan fingerprint density at radius 3 is 2.57 bits per heavy atom. The van der Waals surface area contributed by atoms with Crippen molar-refractivity contribution in [1.82, 2.24) is 0 Å².